The summed E-state index contributed by atoms with van der Waals surface area (Å²) in [5, 5.41) is 0.587. The zero-order valence-corrected chi connectivity index (χ0v) is 11.5. The summed E-state index contributed by atoms with van der Waals surface area (Å²) in [4.78, 5) is 14.5. The summed E-state index contributed by atoms with van der Waals surface area (Å²) in [5.41, 5.74) is 0.676. The molecule has 3 rings (SSSR count). The third-order valence-electron chi connectivity index (χ3n) is 3.15. The molecule has 1 N–H and O–H groups in total. The molecule has 0 saturated carbocycles. The summed E-state index contributed by atoms with van der Waals surface area (Å²) in [6.07, 6.45) is 2.89. The fraction of sp³-hybridized carbons (Fsp3) is 0.0714. The number of nitrogens with one attached hydrogen (secondary N) is 1. The summed E-state index contributed by atoms with van der Waals surface area (Å²) in [6.45, 7) is 1.88. The molecule has 0 bridgehead atoms. The van der Waals surface area contributed by atoms with Crippen LogP contribution in [0.1, 0.15) is 5.56 Å². The van der Waals surface area contributed by atoms with E-state index in [2.05, 4.69) is 4.98 Å². The van der Waals surface area contributed by atoms with E-state index in [1.165, 1.54) is 24.5 Å². The van der Waals surface area contributed by atoms with E-state index in [-0.39, 0.29) is 10.4 Å². The molecular weight excluding hydrogens is 276 g/mol. The van der Waals surface area contributed by atoms with Crippen LogP contribution in [0.15, 0.2) is 58.5 Å². The molecule has 5 nitrogen and oxygen atoms in total. The molecule has 0 saturated heterocycles. The molecule has 20 heavy (non-hydrogen) atoms. The highest BCUT2D eigenvalue weighted by Crippen LogP contribution is 2.19. The van der Waals surface area contributed by atoms with Crippen molar-refractivity contribution in [1.29, 1.82) is 0 Å². The fourth-order valence-electron chi connectivity index (χ4n) is 2.09. The molecule has 0 amide bonds. The minimum Gasteiger partial charge on any atom is -0.327 e. The summed E-state index contributed by atoms with van der Waals surface area (Å²) in [7, 11) is -3.76. The minimum atomic E-state index is -3.76. The van der Waals surface area contributed by atoms with E-state index in [1.807, 2.05) is 6.92 Å². The average Bonchev–Trinajstić information content (AvgIpc) is 2.85. The van der Waals surface area contributed by atoms with Crippen LogP contribution in [-0.2, 0) is 10.0 Å². The lowest BCUT2D eigenvalue weighted by molar-refractivity contribution is 0.589. The van der Waals surface area contributed by atoms with Crippen LogP contribution in [0.2, 0.25) is 0 Å². The van der Waals surface area contributed by atoms with Crippen molar-refractivity contribution in [2.75, 3.05) is 0 Å². The summed E-state index contributed by atoms with van der Waals surface area (Å²) in [6, 6.07) is 9.79. The van der Waals surface area contributed by atoms with Crippen molar-refractivity contribution < 1.29 is 8.42 Å². The smallest absolute Gasteiger partial charge is 0.273 e. The second kappa shape index (κ2) is 4.35. The number of H-pyrrole nitrogens is 1. The van der Waals surface area contributed by atoms with Crippen LogP contribution in [0.4, 0.5) is 0 Å². The molecule has 3 aromatic rings. The van der Waals surface area contributed by atoms with Crippen molar-refractivity contribution >= 4 is 20.9 Å². The van der Waals surface area contributed by atoms with E-state index < -0.39 is 15.6 Å². The number of aryl methyl sites for hydroxylation is 1. The van der Waals surface area contributed by atoms with Crippen LogP contribution in [0.25, 0.3) is 10.9 Å². The van der Waals surface area contributed by atoms with Crippen molar-refractivity contribution in [3.05, 3.63) is 64.7 Å². The molecule has 0 aliphatic heterocycles. The first-order valence-corrected chi connectivity index (χ1v) is 7.45. The van der Waals surface area contributed by atoms with Gasteiger partial charge in [-0.05, 0) is 31.2 Å². The molecule has 0 aliphatic rings. The summed E-state index contributed by atoms with van der Waals surface area (Å²) < 4.78 is 26.2. The number of hydrogen-bond donors (Lipinski definition) is 1. The quantitative estimate of drug-likeness (QED) is 0.782. The van der Waals surface area contributed by atoms with E-state index >= 15 is 0 Å². The largest absolute Gasteiger partial charge is 0.327 e. The maximum Gasteiger partial charge on any atom is 0.273 e. The van der Waals surface area contributed by atoms with Gasteiger partial charge in [0, 0.05) is 17.8 Å². The topological polar surface area (TPSA) is 71.9 Å². The van der Waals surface area contributed by atoms with E-state index in [0.29, 0.717) is 5.39 Å². The first-order chi connectivity index (χ1) is 9.50. The van der Waals surface area contributed by atoms with E-state index in [0.717, 1.165) is 9.54 Å². The summed E-state index contributed by atoms with van der Waals surface area (Å²) in [5.74, 6) is 0. The lowest BCUT2D eigenvalue weighted by atomic mass is 10.2. The maximum absolute atomic E-state index is 12.6. The Kier molecular flexibility index (Phi) is 2.76. The Labute approximate surface area is 115 Å². The van der Waals surface area contributed by atoms with Crippen LogP contribution < -0.4 is 5.56 Å². The lowest BCUT2D eigenvalue weighted by Crippen LogP contribution is -2.17. The Balaban J connectivity index is 2.30. The zero-order valence-electron chi connectivity index (χ0n) is 10.7. The van der Waals surface area contributed by atoms with Gasteiger partial charge in [-0.3, -0.25) is 4.79 Å². The second-order valence-corrected chi connectivity index (χ2v) is 6.36. The van der Waals surface area contributed by atoms with Gasteiger partial charge in [0.15, 0.2) is 0 Å². The summed E-state index contributed by atoms with van der Waals surface area (Å²) >= 11 is 0. The molecule has 0 spiro atoms. The zero-order chi connectivity index (χ0) is 14.3. The Morgan fingerprint density at radius 3 is 2.45 bits per heavy atom. The first kappa shape index (κ1) is 12.7. The maximum atomic E-state index is 12.6. The predicted octanol–water partition coefficient (Wildman–Crippen LogP) is 1.88. The Morgan fingerprint density at radius 2 is 1.75 bits per heavy atom. The van der Waals surface area contributed by atoms with Crippen LogP contribution in [0.5, 0.6) is 0 Å². The second-order valence-electron chi connectivity index (χ2n) is 4.54. The molecule has 2 aromatic heterocycles. The number of pyridine rings is 1. The third kappa shape index (κ3) is 1.85. The first-order valence-electron chi connectivity index (χ1n) is 6.01. The third-order valence-corrected chi connectivity index (χ3v) is 4.84. The highest BCUT2D eigenvalue weighted by atomic mass is 32.2. The van der Waals surface area contributed by atoms with Gasteiger partial charge in [-0.2, -0.15) is 0 Å². The van der Waals surface area contributed by atoms with Crippen molar-refractivity contribution in [2.45, 2.75) is 11.8 Å². The van der Waals surface area contributed by atoms with Crippen molar-refractivity contribution in [1.82, 2.24) is 8.96 Å². The van der Waals surface area contributed by atoms with E-state index in [9.17, 15) is 13.2 Å². The van der Waals surface area contributed by atoms with E-state index in [1.54, 1.807) is 24.3 Å². The number of fused-ring (bicyclic) bond motifs is 1. The van der Waals surface area contributed by atoms with Gasteiger partial charge in [-0.25, -0.2) is 12.4 Å². The number of rotatable bonds is 2. The predicted molar refractivity (Wildman–Crippen MR) is 76.3 cm³/mol. The number of aromatic nitrogens is 2. The molecule has 102 valence electrons. The highest BCUT2D eigenvalue weighted by Gasteiger charge is 2.20. The molecule has 0 fully saturated rings. The molecule has 0 radical (unpaired) electrons. The highest BCUT2D eigenvalue weighted by molar-refractivity contribution is 7.90. The Morgan fingerprint density at radius 1 is 1.05 bits per heavy atom. The molecule has 6 heteroatoms. The minimum absolute atomic E-state index is 0.132. The average molecular weight is 288 g/mol. The number of benzene rings is 1. The van der Waals surface area contributed by atoms with Gasteiger partial charge in [0.25, 0.3) is 15.6 Å². The van der Waals surface area contributed by atoms with Crippen molar-refractivity contribution in [3.63, 3.8) is 0 Å². The van der Waals surface area contributed by atoms with Crippen molar-refractivity contribution in [3.8, 4) is 0 Å². The van der Waals surface area contributed by atoms with Crippen LogP contribution in [0.3, 0.4) is 0 Å². The lowest BCUT2D eigenvalue weighted by Gasteiger charge is -2.07. The number of nitrogens with zero attached hydrogens (tertiary/aromatic N) is 1. The molecular formula is C14H12N2O3S. The van der Waals surface area contributed by atoms with Gasteiger partial charge in [0.05, 0.1) is 4.90 Å². The molecule has 0 aliphatic carbocycles. The van der Waals surface area contributed by atoms with Gasteiger partial charge in [-0.15, -0.1) is 0 Å². The Hall–Kier alpha value is -2.34. The Bertz CT molecular complexity index is 934. The number of hydrogen-bond acceptors (Lipinski definition) is 3. The molecule has 0 atom stereocenters. The number of aromatic amines is 1. The van der Waals surface area contributed by atoms with E-state index in [4.69, 9.17) is 0 Å². The molecule has 2 heterocycles. The van der Waals surface area contributed by atoms with Gasteiger partial charge in [-0.1, -0.05) is 17.7 Å². The SMILES string of the molecule is Cc1ccc(S(=O)(=O)n2ccc3cc[nH]c(=O)c32)cc1. The van der Waals surface area contributed by atoms with Crippen LogP contribution >= 0.6 is 0 Å². The normalized spacial score (nSPS) is 11.8. The van der Waals surface area contributed by atoms with Crippen molar-refractivity contribution in [2.24, 2.45) is 0 Å². The van der Waals surface area contributed by atoms with Gasteiger partial charge < -0.3 is 4.98 Å². The standard InChI is InChI=1S/C14H12N2O3S/c1-10-2-4-12(5-3-10)20(18,19)16-9-7-11-6-8-15-14(17)13(11)16/h2-9H,1H3,(H,15,17). The van der Waals surface area contributed by atoms with Gasteiger partial charge in [0.1, 0.15) is 5.52 Å². The fourth-order valence-corrected chi connectivity index (χ4v) is 3.45. The molecule has 0 unspecified atom stereocenters. The van der Waals surface area contributed by atoms with Gasteiger partial charge in [0.2, 0.25) is 0 Å². The van der Waals surface area contributed by atoms with Gasteiger partial charge >= 0.3 is 0 Å². The van der Waals surface area contributed by atoms with Crippen LogP contribution in [-0.4, -0.2) is 17.4 Å². The monoisotopic (exact) mass is 288 g/mol. The molecule has 1 aromatic carbocycles. The van der Waals surface area contributed by atoms with Crippen LogP contribution in [0, 0.1) is 6.92 Å².